The molecule has 7 heterocycles. The van der Waals surface area contributed by atoms with Gasteiger partial charge in [0, 0.05) is 92.8 Å². The summed E-state index contributed by atoms with van der Waals surface area (Å²) in [6.07, 6.45) is 0. The largest absolute Gasteiger partial charge is 0.456 e. The van der Waals surface area contributed by atoms with Crippen LogP contribution in [0.15, 0.2) is 349 Å². The molecule has 0 spiro atoms. The van der Waals surface area contributed by atoms with Gasteiger partial charge < -0.3 is 22.5 Å². The highest BCUT2D eigenvalue weighted by molar-refractivity contribution is 6.29. The van der Waals surface area contributed by atoms with Crippen LogP contribution in [0.1, 0.15) is 0 Å². The Balaban J connectivity index is 0.753. The molecule has 8 heteroatoms. The molecule has 0 bridgehead atoms. The maximum Gasteiger partial charge on any atom is 0.235 e. The molecular formula is C96H56N6O2. The molecular weight excluding hydrogens is 1270 g/mol. The van der Waals surface area contributed by atoms with Crippen molar-refractivity contribution in [1.82, 2.24) is 28.2 Å². The van der Waals surface area contributed by atoms with E-state index in [2.05, 4.69) is 358 Å². The maximum atomic E-state index is 6.60. The monoisotopic (exact) mass is 1320 g/mol. The molecule has 23 aromatic rings. The Kier molecular flexibility index (Phi) is 11.9. The summed E-state index contributed by atoms with van der Waals surface area (Å²) in [6, 6.07) is 123. The summed E-state index contributed by atoms with van der Waals surface area (Å²) in [5.41, 5.74) is 23.5. The number of hydrogen-bond acceptors (Lipinski definition) is 4. The van der Waals surface area contributed by atoms with Crippen molar-refractivity contribution >= 4 is 153 Å². The van der Waals surface area contributed by atoms with Crippen molar-refractivity contribution in [3.05, 3.63) is 340 Å². The summed E-state index contributed by atoms with van der Waals surface area (Å²) >= 11 is 0. The molecule has 0 saturated carbocycles. The number of fused-ring (bicyclic) bond motifs is 21. The summed E-state index contributed by atoms with van der Waals surface area (Å²) in [7, 11) is 0. The minimum absolute atomic E-state index is 0.558. The van der Waals surface area contributed by atoms with Gasteiger partial charge in [0.1, 0.15) is 22.3 Å². The van der Waals surface area contributed by atoms with Crippen LogP contribution in [0.5, 0.6) is 0 Å². The number of rotatable bonds is 8. The lowest BCUT2D eigenvalue weighted by Crippen LogP contribution is -2.04. The van der Waals surface area contributed by atoms with Crippen LogP contribution in [0.3, 0.4) is 0 Å². The average molecular weight is 1330 g/mol. The molecule has 0 atom stereocenters. The van der Waals surface area contributed by atoms with Crippen LogP contribution in [0, 0.1) is 0 Å². The second-order valence-corrected chi connectivity index (χ2v) is 27.6. The lowest BCUT2D eigenvalue weighted by atomic mass is 9.96. The predicted octanol–water partition coefficient (Wildman–Crippen LogP) is 25.6. The molecule has 0 unspecified atom stereocenters. The van der Waals surface area contributed by atoms with Gasteiger partial charge in [-0.1, -0.05) is 170 Å². The van der Waals surface area contributed by atoms with E-state index in [1.165, 1.54) is 32.6 Å². The lowest BCUT2D eigenvalue weighted by molar-refractivity contribution is 0.669. The molecule has 0 fully saturated rings. The Labute approximate surface area is 593 Å². The maximum absolute atomic E-state index is 6.60. The van der Waals surface area contributed by atoms with E-state index in [1.807, 2.05) is 0 Å². The van der Waals surface area contributed by atoms with E-state index in [0.717, 1.165) is 182 Å². The van der Waals surface area contributed by atoms with Crippen molar-refractivity contribution in [2.45, 2.75) is 0 Å². The molecule has 104 heavy (non-hydrogen) atoms. The van der Waals surface area contributed by atoms with Crippen LogP contribution in [0.4, 0.5) is 0 Å². The molecule has 23 rings (SSSR count). The Morgan fingerprint density at radius 1 is 0.192 bits per heavy atom. The number of nitrogens with zero attached hydrogens (tertiary/aromatic N) is 6. The molecule has 8 nitrogen and oxygen atoms in total. The summed E-state index contributed by atoms with van der Waals surface area (Å²) < 4.78 is 22.8. The molecule has 0 saturated heterocycles. The molecule has 482 valence electrons. The molecule has 16 aromatic carbocycles. The molecule has 0 radical (unpaired) electrons. The highest BCUT2D eigenvalue weighted by Crippen LogP contribution is 2.47. The van der Waals surface area contributed by atoms with Crippen molar-refractivity contribution < 1.29 is 8.83 Å². The first-order chi connectivity index (χ1) is 51.5. The van der Waals surface area contributed by atoms with Crippen LogP contribution in [0.25, 0.3) is 220 Å². The summed E-state index contributed by atoms with van der Waals surface area (Å²) in [5, 5.41) is 18.1. The summed E-state index contributed by atoms with van der Waals surface area (Å²) in [4.78, 5) is 11.4. The zero-order valence-electron chi connectivity index (χ0n) is 55.8. The van der Waals surface area contributed by atoms with Gasteiger partial charge in [-0.2, -0.15) is 0 Å². The number of benzene rings is 16. The molecule has 0 amide bonds. The third kappa shape index (κ3) is 8.42. The van der Waals surface area contributed by atoms with Crippen LogP contribution in [-0.2, 0) is 0 Å². The fraction of sp³-hybridized carbons (Fsp3) is 0. The lowest BCUT2D eigenvalue weighted by Gasteiger charge is -2.15. The van der Waals surface area contributed by atoms with Gasteiger partial charge in [-0.25, -0.2) is 9.97 Å². The summed E-state index contributed by atoms with van der Waals surface area (Å²) in [6.45, 7) is 0. The minimum atomic E-state index is 0.558. The Morgan fingerprint density at radius 3 is 1.02 bits per heavy atom. The normalized spacial score (nSPS) is 12.2. The molecule has 0 N–H and O–H groups in total. The number of aromatic nitrogens is 6. The van der Waals surface area contributed by atoms with Crippen molar-refractivity contribution in [2.75, 3.05) is 0 Å². The van der Waals surface area contributed by atoms with E-state index in [0.29, 0.717) is 5.95 Å². The van der Waals surface area contributed by atoms with Gasteiger partial charge in [0.2, 0.25) is 5.95 Å². The van der Waals surface area contributed by atoms with Gasteiger partial charge in [0.05, 0.1) is 55.5 Å². The predicted molar refractivity (Wildman–Crippen MR) is 431 cm³/mol. The van der Waals surface area contributed by atoms with Crippen molar-refractivity contribution in [3.8, 4) is 67.8 Å². The van der Waals surface area contributed by atoms with Crippen molar-refractivity contribution in [3.63, 3.8) is 0 Å². The minimum Gasteiger partial charge on any atom is -0.456 e. The van der Waals surface area contributed by atoms with Gasteiger partial charge >= 0.3 is 0 Å². The quantitative estimate of drug-likeness (QED) is 0.152. The zero-order chi connectivity index (χ0) is 67.8. The first-order valence-corrected chi connectivity index (χ1v) is 35.4. The standard InChI is InChI=1S/C96H56N6O2/c1-3-23-67(24-4-1)99-82-31-15-11-27-70(82)74-48-61(35-39-86(74)99)65-45-66(62-36-40-87-75(49-62)71-28-12-16-32-83(71)100(87)68-25-5-2-6-26-68)47-69(46-65)101-84-33-17-13-29-72(84)94-88(101)41-42-89-95(94)73-30-14-18-34-85(73)102(89)96-97-80(63-37-43-90-76(52-63)78-50-57-19-7-9-21-59(57)54-92(78)103-90)56-81(98-96)64-38-44-91-77(53-64)79-51-58-20-8-10-22-60(58)55-93(79)104-91/h1-56H. The fourth-order valence-corrected chi connectivity index (χ4v) is 17.2. The smallest absolute Gasteiger partial charge is 0.235 e. The van der Waals surface area contributed by atoms with Crippen molar-refractivity contribution in [2.24, 2.45) is 0 Å². The SMILES string of the molecule is c1ccc(-n2c3ccccc3c3cc(-c4cc(-c5ccc6c(c5)c5ccccc5n6-c5ccccc5)cc(-n5c6ccccc6c6c7c8ccccc8n(-c8nc(-c9ccc%10oc%11cc%12ccccc%12cc%11c%10c9)cc(-c9ccc%10oc%11cc%12ccccc%12cc%11c%10c9)n8)c7ccc65)c4)ccc32)cc1. The second-order valence-electron chi connectivity index (χ2n) is 27.6. The van der Waals surface area contributed by atoms with E-state index in [1.54, 1.807) is 0 Å². The number of para-hydroxylation sites is 6. The van der Waals surface area contributed by atoms with E-state index < -0.39 is 0 Å². The van der Waals surface area contributed by atoms with Gasteiger partial charge in [-0.15, -0.1) is 0 Å². The van der Waals surface area contributed by atoms with Gasteiger partial charge in [-0.05, 0) is 214 Å². The highest BCUT2D eigenvalue weighted by Gasteiger charge is 2.26. The number of furan rings is 2. The topological polar surface area (TPSA) is 71.8 Å². The first kappa shape index (κ1) is 56.8. The van der Waals surface area contributed by atoms with Crippen LogP contribution in [-0.4, -0.2) is 28.2 Å². The van der Waals surface area contributed by atoms with Crippen LogP contribution >= 0.6 is 0 Å². The van der Waals surface area contributed by atoms with E-state index >= 15 is 0 Å². The Bertz CT molecular complexity index is 7260. The first-order valence-electron chi connectivity index (χ1n) is 35.4. The van der Waals surface area contributed by atoms with E-state index in [9.17, 15) is 0 Å². The van der Waals surface area contributed by atoms with Gasteiger partial charge in [0.25, 0.3) is 0 Å². The molecule has 0 aliphatic heterocycles. The van der Waals surface area contributed by atoms with Gasteiger partial charge in [0.15, 0.2) is 0 Å². The third-order valence-electron chi connectivity index (χ3n) is 21.9. The molecule has 0 aliphatic rings. The Morgan fingerprint density at radius 2 is 0.538 bits per heavy atom. The van der Waals surface area contributed by atoms with Crippen LogP contribution in [0.2, 0.25) is 0 Å². The average Bonchev–Trinajstić information content (AvgIpc) is 1.54. The zero-order valence-corrected chi connectivity index (χ0v) is 55.8. The highest BCUT2D eigenvalue weighted by atomic mass is 16.3. The number of hydrogen-bond donors (Lipinski definition) is 0. The van der Waals surface area contributed by atoms with E-state index in [4.69, 9.17) is 18.8 Å². The second kappa shape index (κ2) is 21.7. The summed E-state index contributed by atoms with van der Waals surface area (Å²) in [5.74, 6) is 0.558. The molecule has 7 aromatic heterocycles. The van der Waals surface area contributed by atoms with E-state index in [-0.39, 0.29) is 0 Å². The van der Waals surface area contributed by atoms with Crippen LogP contribution < -0.4 is 0 Å². The fourth-order valence-electron chi connectivity index (χ4n) is 17.2. The Hall–Kier alpha value is -14.1. The molecule has 0 aliphatic carbocycles. The van der Waals surface area contributed by atoms with Crippen molar-refractivity contribution in [1.29, 1.82) is 0 Å². The third-order valence-corrected chi connectivity index (χ3v) is 21.9. The van der Waals surface area contributed by atoms with Gasteiger partial charge in [-0.3, -0.25) is 4.57 Å².